The lowest BCUT2D eigenvalue weighted by molar-refractivity contribution is -0.206. The van der Waals surface area contributed by atoms with Crippen molar-refractivity contribution >= 4 is 23.1 Å². The van der Waals surface area contributed by atoms with Crippen LogP contribution in [0, 0.1) is 0 Å². The summed E-state index contributed by atoms with van der Waals surface area (Å²) < 4.78 is 38.5. The molecule has 0 saturated carbocycles. The fourth-order valence-electron chi connectivity index (χ4n) is 5.02. The minimum absolute atomic E-state index is 0.0779. The normalized spacial score (nSPS) is 25.7. The summed E-state index contributed by atoms with van der Waals surface area (Å²) >= 11 is 0. The second-order valence-electron chi connectivity index (χ2n) is 10.6. The van der Waals surface area contributed by atoms with Gasteiger partial charge in [-0.2, -0.15) is 0 Å². The zero-order valence-corrected chi connectivity index (χ0v) is 24.6. The zero-order chi connectivity index (χ0) is 26.0. The summed E-state index contributed by atoms with van der Waals surface area (Å²) in [6, 6.07) is 9.86. The van der Waals surface area contributed by atoms with Crippen molar-refractivity contribution in [3.8, 4) is 0 Å². The Morgan fingerprint density at radius 2 is 1.43 bits per heavy atom. The molecule has 1 fully saturated rings. The first kappa shape index (κ1) is 28.1. The standard InChI is InChI=1S/C26H42O7Si2/c1-17(2)34(18(3)4)31-22-15-23(25(27)28-9)30-26(29-16-21-13-11-10-12-14-21)24(22)32-35(33-34,19(5)6)20(7)8/h10-15,17-20,22,24,26H,16H2,1-9H3/t22-,24+,26+/m0/s1. The predicted octanol–water partition coefficient (Wildman–Crippen LogP) is 5.94. The largest absolute Gasteiger partial charge is 0.463 e. The quantitative estimate of drug-likeness (QED) is 0.309. The number of methoxy groups -OCH3 is 1. The molecule has 0 aromatic heterocycles. The highest BCUT2D eigenvalue weighted by molar-refractivity contribution is 6.84. The molecule has 0 amide bonds. The van der Waals surface area contributed by atoms with Crippen molar-refractivity contribution in [2.75, 3.05) is 7.11 Å². The van der Waals surface area contributed by atoms with Gasteiger partial charge in [0.15, 0.2) is 0 Å². The van der Waals surface area contributed by atoms with Gasteiger partial charge in [0, 0.05) is 0 Å². The summed E-state index contributed by atoms with van der Waals surface area (Å²) in [5, 5.41) is 0. The van der Waals surface area contributed by atoms with E-state index in [-0.39, 0.29) is 27.9 Å². The molecule has 0 radical (unpaired) electrons. The number of esters is 1. The highest BCUT2D eigenvalue weighted by Gasteiger charge is 2.62. The topological polar surface area (TPSA) is 72.5 Å². The Bertz CT molecular complexity index is 869. The van der Waals surface area contributed by atoms with Gasteiger partial charge in [0.2, 0.25) is 12.0 Å². The van der Waals surface area contributed by atoms with Crippen LogP contribution in [0.25, 0.3) is 0 Å². The molecule has 0 spiro atoms. The van der Waals surface area contributed by atoms with Crippen LogP contribution in [0.5, 0.6) is 0 Å². The molecule has 35 heavy (non-hydrogen) atoms. The van der Waals surface area contributed by atoms with E-state index < -0.39 is 41.6 Å². The van der Waals surface area contributed by atoms with E-state index in [1.165, 1.54) is 7.11 Å². The molecule has 2 heterocycles. The summed E-state index contributed by atoms with van der Waals surface area (Å²) in [5.74, 6) is -0.489. The first-order valence-corrected chi connectivity index (χ1v) is 16.6. The molecule has 2 aliphatic heterocycles. The van der Waals surface area contributed by atoms with Crippen LogP contribution in [-0.2, 0) is 38.6 Å². The van der Waals surface area contributed by atoms with Crippen molar-refractivity contribution in [3.63, 3.8) is 0 Å². The molecule has 3 rings (SSSR count). The predicted molar refractivity (Wildman–Crippen MR) is 139 cm³/mol. The summed E-state index contributed by atoms with van der Waals surface area (Å²) in [6.07, 6.45) is -0.284. The van der Waals surface area contributed by atoms with Crippen LogP contribution in [-0.4, -0.2) is 48.7 Å². The van der Waals surface area contributed by atoms with Gasteiger partial charge in [-0.3, -0.25) is 0 Å². The van der Waals surface area contributed by atoms with E-state index in [1.807, 2.05) is 30.3 Å². The van der Waals surface area contributed by atoms with Crippen molar-refractivity contribution in [2.45, 2.75) is 103 Å². The Labute approximate surface area is 212 Å². The van der Waals surface area contributed by atoms with E-state index in [1.54, 1.807) is 6.08 Å². The lowest BCUT2D eigenvalue weighted by Gasteiger charge is -2.45. The van der Waals surface area contributed by atoms with Gasteiger partial charge in [0.1, 0.15) is 12.2 Å². The van der Waals surface area contributed by atoms with Gasteiger partial charge in [-0.05, 0) is 33.8 Å². The van der Waals surface area contributed by atoms with Crippen LogP contribution < -0.4 is 0 Å². The van der Waals surface area contributed by atoms with Crippen molar-refractivity contribution in [1.82, 2.24) is 0 Å². The van der Waals surface area contributed by atoms with Crippen LogP contribution in [0.15, 0.2) is 42.2 Å². The minimum atomic E-state index is -2.83. The van der Waals surface area contributed by atoms with E-state index in [4.69, 9.17) is 27.2 Å². The van der Waals surface area contributed by atoms with Gasteiger partial charge in [-0.15, -0.1) is 0 Å². The maximum Gasteiger partial charge on any atom is 0.373 e. The molecular formula is C26H42O7Si2. The monoisotopic (exact) mass is 522 g/mol. The van der Waals surface area contributed by atoms with Crippen molar-refractivity contribution in [1.29, 1.82) is 0 Å². The number of carbonyl (C=O) groups is 1. The van der Waals surface area contributed by atoms with Gasteiger partial charge in [-0.1, -0.05) is 85.7 Å². The molecule has 1 aromatic rings. The van der Waals surface area contributed by atoms with Crippen molar-refractivity contribution < 1.29 is 32.0 Å². The summed E-state index contributed by atoms with van der Waals surface area (Å²) in [7, 11) is -4.32. The Balaban J connectivity index is 2.11. The average Bonchev–Trinajstić information content (AvgIpc) is 2.99. The fourth-order valence-corrected chi connectivity index (χ4v) is 16.2. The Kier molecular flexibility index (Phi) is 9.04. The molecule has 0 bridgehead atoms. The van der Waals surface area contributed by atoms with Crippen molar-refractivity contribution in [3.05, 3.63) is 47.7 Å². The second kappa shape index (κ2) is 11.3. The van der Waals surface area contributed by atoms with E-state index in [2.05, 4.69) is 55.4 Å². The first-order valence-electron chi connectivity index (χ1n) is 12.6. The molecule has 2 aliphatic rings. The van der Waals surface area contributed by atoms with E-state index in [9.17, 15) is 4.79 Å². The molecule has 9 heteroatoms. The van der Waals surface area contributed by atoms with Crippen LogP contribution in [0.2, 0.25) is 22.2 Å². The Hall–Kier alpha value is -1.50. The van der Waals surface area contributed by atoms with Crippen molar-refractivity contribution in [2.24, 2.45) is 0 Å². The molecule has 7 nitrogen and oxygen atoms in total. The minimum Gasteiger partial charge on any atom is -0.463 e. The van der Waals surface area contributed by atoms with Crippen LogP contribution in [0.4, 0.5) is 0 Å². The van der Waals surface area contributed by atoms with Gasteiger partial charge in [0.05, 0.1) is 13.7 Å². The molecule has 196 valence electrons. The van der Waals surface area contributed by atoms with Crippen LogP contribution >= 0.6 is 0 Å². The van der Waals surface area contributed by atoms with Gasteiger partial charge >= 0.3 is 23.1 Å². The van der Waals surface area contributed by atoms with Gasteiger partial charge in [-0.25, -0.2) is 4.79 Å². The van der Waals surface area contributed by atoms with Crippen LogP contribution in [0.3, 0.4) is 0 Å². The molecule has 0 aliphatic carbocycles. The fraction of sp³-hybridized carbons (Fsp3) is 0.654. The molecule has 0 unspecified atom stereocenters. The lowest BCUT2D eigenvalue weighted by Crippen LogP contribution is -2.59. The number of carbonyl (C=O) groups excluding carboxylic acids is 1. The van der Waals surface area contributed by atoms with E-state index in [0.717, 1.165) is 5.56 Å². The number of fused-ring (bicyclic) bond motifs is 1. The summed E-state index contributed by atoms with van der Waals surface area (Å²) in [6.45, 7) is 17.7. The molecular weight excluding hydrogens is 480 g/mol. The maximum atomic E-state index is 12.5. The molecule has 1 saturated heterocycles. The Morgan fingerprint density at radius 3 is 1.94 bits per heavy atom. The molecule has 0 N–H and O–H groups in total. The zero-order valence-electron chi connectivity index (χ0n) is 22.6. The van der Waals surface area contributed by atoms with Gasteiger partial charge < -0.3 is 27.2 Å². The second-order valence-corrected chi connectivity index (χ2v) is 19.4. The summed E-state index contributed by atoms with van der Waals surface area (Å²) in [4.78, 5) is 12.5. The third kappa shape index (κ3) is 5.60. The van der Waals surface area contributed by atoms with E-state index in [0.29, 0.717) is 6.61 Å². The first-order chi connectivity index (χ1) is 16.5. The molecule has 3 atom stereocenters. The highest BCUT2D eigenvalue weighted by atomic mass is 28.5. The number of hydrogen-bond donors (Lipinski definition) is 0. The highest BCUT2D eigenvalue weighted by Crippen LogP contribution is 2.49. The SMILES string of the molecule is COC(=O)C1=C[C@@H]2O[Si](C(C)C)(C(C)C)O[Si](C(C)C)(C(C)C)O[C@H]2[C@H](OCc2ccccc2)O1. The third-order valence-corrected chi connectivity index (χ3v) is 17.2. The summed E-state index contributed by atoms with van der Waals surface area (Å²) in [5.41, 5.74) is 1.70. The smallest absolute Gasteiger partial charge is 0.373 e. The average molecular weight is 523 g/mol. The molecule has 1 aromatic carbocycles. The Morgan fingerprint density at radius 1 is 0.886 bits per heavy atom. The number of ether oxygens (including phenoxy) is 3. The number of benzene rings is 1. The van der Waals surface area contributed by atoms with E-state index >= 15 is 0 Å². The maximum absolute atomic E-state index is 12.5. The van der Waals surface area contributed by atoms with Gasteiger partial charge in [0.25, 0.3) is 0 Å². The number of rotatable bonds is 8. The lowest BCUT2D eigenvalue weighted by atomic mass is 10.1. The third-order valence-electron chi connectivity index (χ3n) is 6.97. The van der Waals surface area contributed by atoms with Crippen LogP contribution in [0.1, 0.15) is 61.0 Å². The number of hydrogen-bond acceptors (Lipinski definition) is 7.